The summed E-state index contributed by atoms with van der Waals surface area (Å²) >= 11 is 0. The van der Waals surface area contributed by atoms with Gasteiger partial charge in [-0.05, 0) is 74.3 Å². The number of pyridine rings is 1. The molecule has 11 nitrogen and oxygen atoms in total. The zero-order valence-corrected chi connectivity index (χ0v) is 25.3. The molecule has 0 amide bonds. The van der Waals surface area contributed by atoms with Gasteiger partial charge in [0.1, 0.15) is 11.5 Å². The van der Waals surface area contributed by atoms with Gasteiger partial charge in [-0.3, -0.25) is 9.52 Å². The van der Waals surface area contributed by atoms with Crippen LogP contribution in [0.4, 0.5) is 26.0 Å². The second-order valence-electron chi connectivity index (χ2n) is 12.6. The molecule has 14 heteroatoms. The molecule has 1 aromatic carbocycles. The van der Waals surface area contributed by atoms with Gasteiger partial charge in [0.15, 0.2) is 4.75 Å². The van der Waals surface area contributed by atoms with Crippen molar-refractivity contribution in [3.63, 3.8) is 0 Å². The number of anilines is 3. The highest BCUT2D eigenvalue weighted by molar-refractivity contribution is 7.95. The standard InChI is InChI=1S/C30H35F2N7O4S/c1-43-27(40)29(9-10-29)44(41,42)35-21-5-6-24(25(19-21)37-15-11-28(7-8-28)12-16-37)39-20-23(34-36-39)22-3-2-4-26(33-22)38-17-13-30(31,32)14-18-38/h2-6,19-20,35H,7-18H2,1H3. The van der Waals surface area contributed by atoms with E-state index in [1.54, 1.807) is 29.1 Å². The molecule has 2 saturated carbocycles. The van der Waals surface area contributed by atoms with Gasteiger partial charge < -0.3 is 14.5 Å². The van der Waals surface area contributed by atoms with Crippen LogP contribution in [0.3, 0.4) is 0 Å². The third kappa shape index (κ3) is 5.26. The number of aromatic nitrogens is 4. The molecular weight excluding hydrogens is 592 g/mol. The first kappa shape index (κ1) is 28.9. The molecule has 44 heavy (non-hydrogen) atoms. The lowest BCUT2D eigenvalue weighted by Gasteiger charge is -2.35. The van der Waals surface area contributed by atoms with Crippen molar-refractivity contribution < 1.29 is 26.7 Å². The molecule has 0 unspecified atom stereocenters. The van der Waals surface area contributed by atoms with Crippen molar-refractivity contribution >= 4 is 33.2 Å². The lowest BCUT2D eigenvalue weighted by atomic mass is 9.93. The summed E-state index contributed by atoms with van der Waals surface area (Å²) in [5.41, 5.74) is 3.42. The Bertz CT molecular complexity index is 1680. The predicted octanol–water partition coefficient (Wildman–Crippen LogP) is 4.39. The van der Waals surface area contributed by atoms with Gasteiger partial charge in [-0.2, -0.15) is 0 Å². The molecule has 0 bridgehead atoms. The van der Waals surface area contributed by atoms with Crippen LogP contribution < -0.4 is 14.5 Å². The molecule has 4 aliphatic rings. The number of hydrogen-bond donors (Lipinski definition) is 1. The molecule has 234 valence electrons. The van der Waals surface area contributed by atoms with Gasteiger partial charge in [-0.25, -0.2) is 26.9 Å². The summed E-state index contributed by atoms with van der Waals surface area (Å²) < 4.78 is 61.4. The molecule has 4 fully saturated rings. The third-order valence-electron chi connectivity index (χ3n) is 9.68. The first-order valence-electron chi connectivity index (χ1n) is 15.0. The fourth-order valence-electron chi connectivity index (χ4n) is 6.37. The Morgan fingerprint density at radius 3 is 2.25 bits per heavy atom. The van der Waals surface area contributed by atoms with Crippen LogP contribution in [0.5, 0.6) is 0 Å². The number of esters is 1. The summed E-state index contributed by atoms with van der Waals surface area (Å²) in [6.07, 6.45) is 6.43. The van der Waals surface area contributed by atoms with Gasteiger partial charge in [0.25, 0.3) is 5.92 Å². The van der Waals surface area contributed by atoms with Gasteiger partial charge in [0.05, 0.1) is 36.1 Å². The van der Waals surface area contributed by atoms with Gasteiger partial charge >= 0.3 is 5.97 Å². The van der Waals surface area contributed by atoms with E-state index in [-0.39, 0.29) is 38.8 Å². The van der Waals surface area contributed by atoms with Crippen molar-refractivity contribution in [3.05, 3.63) is 42.6 Å². The Morgan fingerprint density at radius 2 is 1.59 bits per heavy atom. The van der Waals surface area contributed by atoms with Crippen molar-refractivity contribution in [2.45, 2.75) is 62.0 Å². The minimum Gasteiger partial charge on any atom is -0.468 e. The maximum absolute atomic E-state index is 13.7. The van der Waals surface area contributed by atoms with Crippen molar-refractivity contribution in [2.75, 3.05) is 47.8 Å². The largest absolute Gasteiger partial charge is 0.468 e. The van der Waals surface area contributed by atoms with Crippen LogP contribution >= 0.6 is 0 Å². The number of sulfonamides is 1. The molecule has 0 atom stereocenters. The molecule has 2 aliphatic heterocycles. The second-order valence-corrected chi connectivity index (χ2v) is 14.5. The third-order valence-corrected chi connectivity index (χ3v) is 11.8. The average molecular weight is 628 g/mol. The molecule has 2 aliphatic carbocycles. The van der Waals surface area contributed by atoms with E-state index in [0.717, 1.165) is 37.3 Å². The molecule has 2 saturated heterocycles. The molecule has 0 radical (unpaired) electrons. The van der Waals surface area contributed by atoms with E-state index in [4.69, 9.17) is 9.72 Å². The van der Waals surface area contributed by atoms with E-state index in [1.165, 1.54) is 20.0 Å². The molecule has 4 heterocycles. The van der Waals surface area contributed by atoms with Crippen molar-refractivity contribution in [1.29, 1.82) is 0 Å². The van der Waals surface area contributed by atoms with Crippen LogP contribution in [0.1, 0.15) is 51.4 Å². The number of alkyl halides is 2. The van der Waals surface area contributed by atoms with E-state index in [1.807, 2.05) is 23.1 Å². The zero-order valence-electron chi connectivity index (χ0n) is 24.5. The Balaban J connectivity index is 1.18. The average Bonchev–Trinajstić information content (AvgIpc) is 3.94. The summed E-state index contributed by atoms with van der Waals surface area (Å²) in [5, 5.41) is 8.77. The number of carbonyl (C=O) groups is 1. The van der Waals surface area contributed by atoms with E-state index >= 15 is 0 Å². The predicted molar refractivity (Wildman–Crippen MR) is 161 cm³/mol. The van der Waals surface area contributed by atoms with Crippen LogP contribution in [0, 0.1) is 5.41 Å². The van der Waals surface area contributed by atoms with Gasteiger partial charge in [0, 0.05) is 39.0 Å². The van der Waals surface area contributed by atoms with Crippen LogP contribution in [0.25, 0.3) is 17.1 Å². The summed E-state index contributed by atoms with van der Waals surface area (Å²) in [6, 6.07) is 10.7. The zero-order chi connectivity index (χ0) is 30.7. The highest BCUT2D eigenvalue weighted by Crippen LogP contribution is 2.54. The van der Waals surface area contributed by atoms with E-state index < -0.39 is 26.7 Å². The maximum atomic E-state index is 13.7. The lowest BCUT2D eigenvalue weighted by Crippen LogP contribution is -2.39. The Kier molecular flexibility index (Phi) is 6.83. The number of carbonyl (C=O) groups excluding carboxylic acids is 1. The van der Waals surface area contributed by atoms with Crippen molar-refractivity contribution in [3.8, 4) is 17.1 Å². The number of benzene rings is 1. The maximum Gasteiger partial charge on any atom is 0.329 e. The normalized spacial score (nSPS) is 21.6. The number of nitrogens with zero attached hydrogens (tertiary/aromatic N) is 6. The van der Waals surface area contributed by atoms with Gasteiger partial charge in [0.2, 0.25) is 10.0 Å². The van der Waals surface area contributed by atoms with E-state index in [2.05, 4.69) is 19.9 Å². The van der Waals surface area contributed by atoms with Crippen molar-refractivity contribution in [2.24, 2.45) is 5.41 Å². The molecule has 3 aromatic rings. The van der Waals surface area contributed by atoms with E-state index in [9.17, 15) is 22.0 Å². The topological polar surface area (TPSA) is 123 Å². The van der Waals surface area contributed by atoms with Gasteiger partial charge in [-0.1, -0.05) is 11.3 Å². The fraction of sp³-hybridized carbons (Fsp3) is 0.533. The first-order chi connectivity index (χ1) is 21.0. The fourth-order valence-corrected chi connectivity index (χ4v) is 7.95. The summed E-state index contributed by atoms with van der Waals surface area (Å²) in [6.45, 7) is 2.12. The van der Waals surface area contributed by atoms with Gasteiger partial charge in [-0.15, -0.1) is 5.10 Å². The number of hydrogen-bond acceptors (Lipinski definition) is 9. The molecular formula is C30H35F2N7O4S. The number of ether oxygens (including phenoxy) is 1. The SMILES string of the molecule is COC(=O)C1(S(=O)(=O)Nc2ccc(-n3cc(-c4cccc(N5CCC(F)(F)CC5)n4)nn3)c(N3CCC4(CC3)CC4)c2)CC1. The summed E-state index contributed by atoms with van der Waals surface area (Å²) in [4.78, 5) is 21.1. The highest BCUT2D eigenvalue weighted by atomic mass is 32.2. The minimum atomic E-state index is -4.03. The van der Waals surface area contributed by atoms with Crippen LogP contribution in [-0.4, -0.2) is 78.3 Å². The number of nitrogens with one attached hydrogen (secondary N) is 1. The Hall–Kier alpha value is -3.81. The number of piperidine rings is 2. The molecule has 2 aromatic heterocycles. The minimum absolute atomic E-state index is 0.203. The molecule has 1 spiro atoms. The highest BCUT2D eigenvalue weighted by Gasteiger charge is 2.62. The van der Waals surface area contributed by atoms with Crippen LogP contribution in [0.2, 0.25) is 0 Å². The van der Waals surface area contributed by atoms with Crippen LogP contribution in [-0.2, 0) is 19.6 Å². The van der Waals surface area contributed by atoms with Crippen molar-refractivity contribution in [1.82, 2.24) is 20.0 Å². The summed E-state index contributed by atoms with van der Waals surface area (Å²) in [5.74, 6) is -2.77. The van der Waals surface area contributed by atoms with E-state index in [0.29, 0.717) is 28.3 Å². The number of methoxy groups -OCH3 is 1. The monoisotopic (exact) mass is 627 g/mol. The molecule has 7 rings (SSSR count). The number of halogens is 2. The summed E-state index contributed by atoms with van der Waals surface area (Å²) in [7, 11) is -2.83. The molecule has 1 N–H and O–H groups in total. The Morgan fingerprint density at radius 1 is 0.886 bits per heavy atom. The smallest absolute Gasteiger partial charge is 0.329 e. The first-order valence-corrected chi connectivity index (χ1v) is 16.5. The van der Waals surface area contributed by atoms with Crippen LogP contribution in [0.15, 0.2) is 42.6 Å². The second kappa shape index (κ2) is 10.4. The Labute approximate surface area is 254 Å². The quantitative estimate of drug-likeness (QED) is 0.362. The number of rotatable bonds is 8. The lowest BCUT2D eigenvalue weighted by molar-refractivity contribution is -0.140.